The maximum atomic E-state index is 5.66. The maximum Gasteiger partial charge on any atom is 0.0800 e. The van der Waals surface area contributed by atoms with E-state index in [9.17, 15) is 0 Å². The van der Waals surface area contributed by atoms with E-state index in [0.29, 0.717) is 12.1 Å². The van der Waals surface area contributed by atoms with Gasteiger partial charge in [0.1, 0.15) is 0 Å². The van der Waals surface area contributed by atoms with E-state index in [2.05, 4.69) is 17.0 Å². The molecular weight excluding hydrogens is 176 g/mol. The molecule has 1 aliphatic carbocycles. The van der Waals surface area contributed by atoms with Crippen LogP contribution in [0.1, 0.15) is 6.42 Å². The van der Waals surface area contributed by atoms with Crippen LogP contribution >= 0.6 is 0 Å². The SMILES string of the molecule is Nc1ccc(N2CCOC3CC32)cc1. The van der Waals surface area contributed by atoms with Crippen molar-refractivity contribution in [2.45, 2.75) is 18.6 Å². The number of ether oxygens (including phenoxy) is 1. The van der Waals surface area contributed by atoms with Gasteiger partial charge in [-0.3, -0.25) is 0 Å². The van der Waals surface area contributed by atoms with E-state index in [1.165, 1.54) is 12.1 Å². The van der Waals surface area contributed by atoms with E-state index in [4.69, 9.17) is 10.5 Å². The summed E-state index contributed by atoms with van der Waals surface area (Å²) < 4.78 is 5.56. The number of nitrogens with two attached hydrogens (primary N) is 1. The van der Waals surface area contributed by atoms with Crippen LogP contribution in [-0.4, -0.2) is 25.3 Å². The quantitative estimate of drug-likeness (QED) is 0.677. The highest BCUT2D eigenvalue weighted by atomic mass is 16.5. The van der Waals surface area contributed by atoms with Crippen molar-refractivity contribution in [1.29, 1.82) is 0 Å². The van der Waals surface area contributed by atoms with Crippen LogP contribution in [0.15, 0.2) is 24.3 Å². The summed E-state index contributed by atoms with van der Waals surface area (Å²) in [5.74, 6) is 0. The Morgan fingerprint density at radius 3 is 2.86 bits per heavy atom. The van der Waals surface area contributed by atoms with Crippen LogP contribution in [0, 0.1) is 0 Å². The van der Waals surface area contributed by atoms with Crippen molar-refractivity contribution in [3.63, 3.8) is 0 Å². The lowest BCUT2D eigenvalue weighted by atomic mass is 10.2. The second-order valence-corrected chi connectivity index (χ2v) is 4.00. The molecule has 2 N–H and O–H groups in total. The van der Waals surface area contributed by atoms with Crippen molar-refractivity contribution in [2.75, 3.05) is 23.8 Å². The minimum atomic E-state index is 0.487. The van der Waals surface area contributed by atoms with Crippen LogP contribution in [0.5, 0.6) is 0 Å². The van der Waals surface area contributed by atoms with Crippen LogP contribution in [0.3, 0.4) is 0 Å². The van der Waals surface area contributed by atoms with E-state index in [1.807, 2.05) is 12.1 Å². The van der Waals surface area contributed by atoms with Crippen LogP contribution in [0.25, 0.3) is 0 Å². The fourth-order valence-corrected chi connectivity index (χ4v) is 2.12. The Hall–Kier alpha value is -1.22. The third-order valence-corrected chi connectivity index (χ3v) is 2.99. The molecule has 1 aliphatic heterocycles. The van der Waals surface area contributed by atoms with Crippen LogP contribution < -0.4 is 10.6 Å². The monoisotopic (exact) mass is 190 g/mol. The average Bonchev–Trinajstić information content (AvgIpc) is 2.97. The molecular formula is C11H14N2O. The molecule has 1 aromatic carbocycles. The Morgan fingerprint density at radius 2 is 2.07 bits per heavy atom. The molecule has 3 heteroatoms. The Labute approximate surface area is 83.5 Å². The largest absolute Gasteiger partial charge is 0.399 e. The molecule has 1 aromatic rings. The number of hydrogen-bond acceptors (Lipinski definition) is 3. The van der Waals surface area contributed by atoms with Crippen LogP contribution in [0.4, 0.5) is 11.4 Å². The Kier molecular flexibility index (Phi) is 1.67. The van der Waals surface area contributed by atoms with Gasteiger partial charge in [0, 0.05) is 17.9 Å². The summed E-state index contributed by atoms with van der Waals surface area (Å²) in [5.41, 5.74) is 7.76. The first kappa shape index (κ1) is 8.12. The molecule has 1 heterocycles. The first-order chi connectivity index (χ1) is 6.84. The summed E-state index contributed by atoms with van der Waals surface area (Å²) in [4.78, 5) is 2.42. The topological polar surface area (TPSA) is 38.5 Å². The Morgan fingerprint density at radius 1 is 1.29 bits per heavy atom. The molecule has 74 valence electrons. The highest BCUT2D eigenvalue weighted by Gasteiger charge is 2.45. The molecule has 0 aromatic heterocycles. The predicted molar refractivity (Wildman–Crippen MR) is 56.3 cm³/mol. The molecule has 3 rings (SSSR count). The summed E-state index contributed by atoms with van der Waals surface area (Å²) in [6.45, 7) is 1.86. The number of nitrogen functional groups attached to an aromatic ring is 1. The number of anilines is 2. The van der Waals surface area contributed by atoms with E-state index in [-0.39, 0.29) is 0 Å². The van der Waals surface area contributed by atoms with Crippen LogP contribution in [-0.2, 0) is 4.74 Å². The zero-order valence-corrected chi connectivity index (χ0v) is 8.02. The molecule has 2 fully saturated rings. The van der Waals surface area contributed by atoms with Crippen molar-refractivity contribution in [1.82, 2.24) is 0 Å². The minimum Gasteiger partial charge on any atom is -0.399 e. The second kappa shape index (κ2) is 2.89. The average molecular weight is 190 g/mol. The smallest absolute Gasteiger partial charge is 0.0800 e. The lowest BCUT2D eigenvalue weighted by molar-refractivity contribution is 0.103. The van der Waals surface area contributed by atoms with Crippen molar-refractivity contribution < 1.29 is 4.74 Å². The number of fused-ring (bicyclic) bond motifs is 1. The molecule has 0 bridgehead atoms. The van der Waals surface area contributed by atoms with Gasteiger partial charge < -0.3 is 15.4 Å². The number of morpholine rings is 1. The first-order valence-corrected chi connectivity index (χ1v) is 5.08. The molecule has 2 atom stereocenters. The highest BCUT2D eigenvalue weighted by Crippen LogP contribution is 2.37. The lowest BCUT2D eigenvalue weighted by Gasteiger charge is -2.28. The Bertz CT molecular complexity index is 336. The van der Waals surface area contributed by atoms with Gasteiger partial charge in [0.15, 0.2) is 0 Å². The van der Waals surface area contributed by atoms with Crippen molar-refractivity contribution in [3.8, 4) is 0 Å². The molecule has 1 saturated carbocycles. The van der Waals surface area contributed by atoms with E-state index < -0.39 is 0 Å². The van der Waals surface area contributed by atoms with Gasteiger partial charge >= 0.3 is 0 Å². The molecule has 14 heavy (non-hydrogen) atoms. The first-order valence-electron chi connectivity index (χ1n) is 5.08. The third kappa shape index (κ3) is 1.24. The molecule has 2 unspecified atom stereocenters. The Balaban J connectivity index is 1.84. The van der Waals surface area contributed by atoms with Gasteiger partial charge in [-0.05, 0) is 30.7 Å². The summed E-state index contributed by atoms with van der Waals surface area (Å²) >= 11 is 0. The summed E-state index contributed by atoms with van der Waals surface area (Å²) in [5, 5.41) is 0. The van der Waals surface area contributed by atoms with Gasteiger partial charge in [0.05, 0.1) is 18.8 Å². The third-order valence-electron chi connectivity index (χ3n) is 2.99. The van der Waals surface area contributed by atoms with E-state index >= 15 is 0 Å². The van der Waals surface area contributed by atoms with Gasteiger partial charge in [0.25, 0.3) is 0 Å². The molecule has 1 saturated heterocycles. The molecule has 0 amide bonds. The zero-order chi connectivity index (χ0) is 9.54. The normalized spacial score (nSPS) is 29.9. The number of rotatable bonds is 1. The van der Waals surface area contributed by atoms with Gasteiger partial charge in [-0.1, -0.05) is 0 Å². The standard InChI is InChI=1S/C11H14N2O/c12-8-1-3-9(4-2-8)13-5-6-14-11-7-10(11)13/h1-4,10-11H,5-7,12H2. The predicted octanol–water partition coefficient (Wildman–Crippen LogP) is 1.25. The summed E-state index contributed by atoms with van der Waals surface area (Å²) in [6, 6.07) is 8.73. The van der Waals surface area contributed by atoms with E-state index in [0.717, 1.165) is 18.8 Å². The van der Waals surface area contributed by atoms with Gasteiger partial charge in [-0.25, -0.2) is 0 Å². The summed E-state index contributed by atoms with van der Waals surface area (Å²) in [6.07, 6.45) is 1.67. The van der Waals surface area contributed by atoms with Gasteiger partial charge in [-0.15, -0.1) is 0 Å². The van der Waals surface area contributed by atoms with Gasteiger partial charge in [0.2, 0.25) is 0 Å². The van der Waals surface area contributed by atoms with Gasteiger partial charge in [-0.2, -0.15) is 0 Å². The number of benzene rings is 1. The molecule has 0 spiro atoms. The minimum absolute atomic E-state index is 0.487. The second-order valence-electron chi connectivity index (χ2n) is 4.00. The maximum absolute atomic E-state index is 5.66. The number of nitrogens with zero attached hydrogens (tertiary/aromatic N) is 1. The van der Waals surface area contributed by atoms with E-state index in [1.54, 1.807) is 0 Å². The van der Waals surface area contributed by atoms with Crippen molar-refractivity contribution in [3.05, 3.63) is 24.3 Å². The lowest BCUT2D eigenvalue weighted by Crippen LogP contribution is -2.36. The van der Waals surface area contributed by atoms with Crippen molar-refractivity contribution >= 4 is 11.4 Å². The number of hydrogen-bond donors (Lipinski definition) is 1. The fraction of sp³-hybridized carbons (Fsp3) is 0.455. The molecule has 2 aliphatic rings. The van der Waals surface area contributed by atoms with Crippen LogP contribution in [0.2, 0.25) is 0 Å². The zero-order valence-electron chi connectivity index (χ0n) is 8.02. The fourth-order valence-electron chi connectivity index (χ4n) is 2.12. The van der Waals surface area contributed by atoms with Crippen molar-refractivity contribution in [2.24, 2.45) is 0 Å². The highest BCUT2D eigenvalue weighted by molar-refractivity contribution is 5.55. The molecule has 3 nitrogen and oxygen atoms in total. The summed E-state index contributed by atoms with van der Waals surface area (Å²) in [7, 11) is 0. The molecule has 0 radical (unpaired) electrons.